The molecule has 1 aliphatic heterocycles. The predicted octanol–water partition coefficient (Wildman–Crippen LogP) is 0.437. The van der Waals surface area contributed by atoms with Crippen molar-refractivity contribution in [2.45, 2.75) is 38.5 Å². The molecule has 2 rings (SSSR count). The molecule has 0 unspecified atom stereocenters. The molecule has 114 valence electrons. The Morgan fingerprint density at radius 2 is 1.80 bits per heavy atom. The van der Waals surface area contributed by atoms with Gasteiger partial charge in [-0.25, -0.2) is 5.01 Å². The van der Waals surface area contributed by atoms with E-state index in [-0.39, 0.29) is 11.7 Å². The summed E-state index contributed by atoms with van der Waals surface area (Å²) in [5.41, 5.74) is 7.90. The van der Waals surface area contributed by atoms with Crippen LogP contribution in [0.1, 0.15) is 38.5 Å². The molecular formula is C13H24N4O3. The second kappa shape index (κ2) is 6.90. The molecule has 20 heavy (non-hydrogen) atoms. The second-order valence-corrected chi connectivity index (χ2v) is 5.52. The van der Waals surface area contributed by atoms with E-state index in [9.17, 15) is 4.79 Å². The molecule has 2 aliphatic rings. The van der Waals surface area contributed by atoms with Crippen molar-refractivity contribution >= 4 is 11.7 Å². The van der Waals surface area contributed by atoms with Gasteiger partial charge in [-0.05, 0) is 12.8 Å². The van der Waals surface area contributed by atoms with E-state index in [1.165, 1.54) is 0 Å². The number of morpholine rings is 1. The van der Waals surface area contributed by atoms with Gasteiger partial charge in [0.25, 0.3) is 0 Å². The van der Waals surface area contributed by atoms with Crippen LogP contribution in [0.15, 0.2) is 5.16 Å². The van der Waals surface area contributed by atoms with Crippen LogP contribution in [0.4, 0.5) is 0 Å². The highest BCUT2D eigenvalue weighted by atomic mass is 16.5. The van der Waals surface area contributed by atoms with Crippen LogP contribution < -0.4 is 11.2 Å². The first-order chi connectivity index (χ1) is 9.69. The number of hydrogen-bond acceptors (Lipinski definition) is 5. The molecule has 0 atom stereocenters. The fourth-order valence-electron chi connectivity index (χ4n) is 2.95. The lowest BCUT2D eigenvalue weighted by atomic mass is 9.78. The van der Waals surface area contributed by atoms with Crippen molar-refractivity contribution in [2.24, 2.45) is 16.3 Å². The first-order valence-electron chi connectivity index (χ1n) is 7.31. The number of hydrazine groups is 1. The van der Waals surface area contributed by atoms with Gasteiger partial charge in [0, 0.05) is 13.1 Å². The van der Waals surface area contributed by atoms with E-state index in [0.29, 0.717) is 39.1 Å². The number of rotatable bonds is 3. The van der Waals surface area contributed by atoms with E-state index < -0.39 is 5.41 Å². The Labute approximate surface area is 119 Å². The summed E-state index contributed by atoms with van der Waals surface area (Å²) in [7, 11) is 0. The summed E-state index contributed by atoms with van der Waals surface area (Å²) < 4.78 is 5.26. The number of nitrogens with one attached hydrogen (secondary N) is 1. The molecule has 0 spiro atoms. The lowest BCUT2D eigenvalue weighted by Gasteiger charge is -2.34. The van der Waals surface area contributed by atoms with Crippen LogP contribution in [-0.4, -0.2) is 48.3 Å². The van der Waals surface area contributed by atoms with E-state index in [0.717, 1.165) is 25.7 Å². The van der Waals surface area contributed by atoms with Crippen molar-refractivity contribution in [1.29, 1.82) is 0 Å². The molecule has 0 aromatic carbocycles. The molecule has 4 N–H and O–H groups in total. The van der Waals surface area contributed by atoms with Gasteiger partial charge in [0.1, 0.15) is 5.41 Å². The fourth-order valence-corrected chi connectivity index (χ4v) is 2.95. The molecule has 0 aromatic heterocycles. The minimum absolute atomic E-state index is 0.0326. The van der Waals surface area contributed by atoms with Gasteiger partial charge in [-0.15, -0.1) is 0 Å². The van der Waals surface area contributed by atoms with Gasteiger partial charge in [-0.3, -0.25) is 10.2 Å². The first kappa shape index (κ1) is 15.1. The number of ether oxygens (including phenoxy) is 1. The van der Waals surface area contributed by atoms with Crippen LogP contribution in [0.5, 0.6) is 0 Å². The van der Waals surface area contributed by atoms with Gasteiger partial charge in [0.15, 0.2) is 5.84 Å². The lowest BCUT2D eigenvalue weighted by molar-refractivity contribution is -0.135. The molecule has 1 heterocycles. The van der Waals surface area contributed by atoms with Crippen LogP contribution >= 0.6 is 0 Å². The highest BCUT2D eigenvalue weighted by molar-refractivity contribution is 6.06. The zero-order chi connectivity index (χ0) is 14.4. The maximum atomic E-state index is 12.7. The van der Waals surface area contributed by atoms with Gasteiger partial charge >= 0.3 is 0 Å². The van der Waals surface area contributed by atoms with Crippen molar-refractivity contribution in [1.82, 2.24) is 10.4 Å². The number of amides is 1. The summed E-state index contributed by atoms with van der Waals surface area (Å²) in [5, 5.41) is 14.0. The third kappa shape index (κ3) is 3.21. The van der Waals surface area contributed by atoms with E-state index in [1.807, 2.05) is 5.01 Å². The van der Waals surface area contributed by atoms with E-state index in [2.05, 4.69) is 10.6 Å². The van der Waals surface area contributed by atoms with Crippen molar-refractivity contribution < 1.29 is 14.7 Å². The van der Waals surface area contributed by atoms with Gasteiger partial charge < -0.3 is 15.7 Å². The summed E-state index contributed by atoms with van der Waals surface area (Å²) in [4.78, 5) is 12.7. The van der Waals surface area contributed by atoms with Crippen LogP contribution in [0.25, 0.3) is 0 Å². The van der Waals surface area contributed by atoms with E-state index >= 15 is 0 Å². The smallest absolute Gasteiger partial charge is 0.248 e. The molecule has 1 saturated heterocycles. The summed E-state index contributed by atoms with van der Waals surface area (Å²) in [6.07, 6.45) is 5.30. The quantitative estimate of drug-likeness (QED) is 0.229. The highest BCUT2D eigenvalue weighted by Gasteiger charge is 2.43. The Hall–Kier alpha value is -1.34. The summed E-state index contributed by atoms with van der Waals surface area (Å²) in [6.45, 7) is 2.55. The molecule has 2 fully saturated rings. The number of hydrogen-bond donors (Lipinski definition) is 3. The number of oxime groups is 1. The summed E-state index contributed by atoms with van der Waals surface area (Å²) in [5.74, 6) is -0.123. The third-order valence-electron chi connectivity index (χ3n) is 4.26. The Morgan fingerprint density at radius 1 is 1.20 bits per heavy atom. The number of nitrogens with two attached hydrogens (primary N) is 1. The van der Waals surface area contributed by atoms with Crippen LogP contribution in [0.2, 0.25) is 0 Å². The molecule has 7 nitrogen and oxygen atoms in total. The predicted molar refractivity (Wildman–Crippen MR) is 74.1 cm³/mol. The van der Waals surface area contributed by atoms with Gasteiger partial charge in [0.05, 0.1) is 13.2 Å². The standard InChI is InChI=1S/C13H24N4O3/c14-11(16-19)13(5-3-1-2-4-6-13)12(18)15-17-7-9-20-10-8-17/h19H,1-10H2,(H2,14,16)(H,15,18). The maximum absolute atomic E-state index is 12.7. The number of amidine groups is 1. The zero-order valence-corrected chi connectivity index (χ0v) is 11.8. The van der Waals surface area contributed by atoms with E-state index in [4.69, 9.17) is 15.7 Å². The topological polar surface area (TPSA) is 100 Å². The second-order valence-electron chi connectivity index (χ2n) is 5.52. The molecule has 1 amide bonds. The summed E-state index contributed by atoms with van der Waals surface area (Å²) >= 11 is 0. The third-order valence-corrected chi connectivity index (χ3v) is 4.26. The monoisotopic (exact) mass is 284 g/mol. The van der Waals surface area contributed by atoms with Gasteiger partial charge in [0.2, 0.25) is 5.91 Å². The van der Waals surface area contributed by atoms with Crippen LogP contribution in [0.3, 0.4) is 0 Å². The van der Waals surface area contributed by atoms with Gasteiger partial charge in [-0.2, -0.15) is 0 Å². The van der Waals surface area contributed by atoms with Crippen molar-refractivity contribution in [3.05, 3.63) is 0 Å². The number of carbonyl (C=O) groups excluding carboxylic acids is 1. The Kier molecular flexibility index (Phi) is 5.19. The fraction of sp³-hybridized carbons (Fsp3) is 0.846. The molecule has 7 heteroatoms. The lowest BCUT2D eigenvalue weighted by Crippen LogP contribution is -2.56. The minimum atomic E-state index is -0.871. The number of carbonyl (C=O) groups is 1. The Balaban J connectivity index is 2.10. The van der Waals surface area contributed by atoms with Crippen molar-refractivity contribution in [3.63, 3.8) is 0 Å². The molecular weight excluding hydrogens is 260 g/mol. The number of nitrogens with zero attached hydrogens (tertiary/aromatic N) is 2. The zero-order valence-electron chi connectivity index (χ0n) is 11.8. The largest absolute Gasteiger partial charge is 0.409 e. The SMILES string of the molecule is NC(=NO)C1(C(=O)NN2CCOCC2)CCCCCC1. The van der Waals surface area contributed by atoms with Crippen molar-refractivity contribution in [3.8, 4) is 0 Å². The Bertz CT molecular complexity index is 359. The van der Waals surface area contributed by atoms with Crippen LogP contribution in [-0.2, 0) is 9.53 Å². The highest BCUT2D eigenvalue weighted by Crippen LogP contribution is 2.35. The molecule has 1 saturated carbocycles. The van der Waals surface area contributed by atoms with Crippen molar-refractivity contribution in [2.75, 3.05) is 26.3 Å². The van der Waals surface area contributed by atoms with E-state index in [1.54, 1.807) is 0 Å². The average molecular weight is 284 g/mol. The van der Waals surface area contributed by atoms with Gasteiger partial charge in [-0.1, -0.05) is 30.8 Å². The summed E-state index contributed by atoms with van der Waals surface area (Å²) in [6, 6.07) is 0. The molecule has 0 radical (unpaired) electrons. The minimum Gasteiger partial charge on any atom is -0.409 e. The normalized spacial score (nSPS) is 24.9. The average Bonchev–Trinajstić information content (AvgIpc) is 2.74. The Morgan fingerprint density at radius 3 is 2.35 bits per heavy atom. The van der Waals surface area contributed by atoms with Crippen LogP contribution in [0, 0.1) is 5.41 Å². The molecule has 0 aromatic rings. The maximum Gasteiger partial charge on any atom is 0.248 e. The first-order valence-corrected chi connectivity index (χ1v) is 7.31. The molecule has 0 bridgehead atoms. The molecule has 1 aliphatic carbocycles.